The summed E-state index contributed by atoms with van der Waals surface area (Å²) in [5, 5.41) is 13.0. The third kappa shape index (κ3) is 3.96. The van der Waals surface area contributed by atoms with Crippen molar-refractivity contribution in [2.24, 2.45) is 0 Å². The summed E-state index contributed by atoms with van der Waals surface area (Å²) in [4.78, 5) is 14.0. The molecule has 2 aliphatic rings. The number of rotatable bonds is 5. The summed E-state index contributed by atoms with van der Waals surface area (Å²) in [5.41, 5.74) is -0.622. The summed E-state index contributed by atoms with van der Waals surface area (Å²) in [7, 11) is 0. The van der Waals surface area contributed by atoms with E-state index in [1.165, 1.54) is 12.8 Å². The van der Waals surface area contributed by atoms with Crippen LogP contribution in [0, 0.1) is 0 Å². The van der Waals surface area contributed by atoms with E-state index in [0.717, 1.165) is 45.3 Å². The Morgan fingerprint density at radius 1 is 1.18 bits per heavy atom. The second-order valence-corrected chi connectivity index (χ2v) is 5.51. The quantitative estimate of drug-likeness (QED) is 0.750. The lowest BCUT2D eigenvalue weighted by Gasteiger charge is -2.22. The van der Waals surface area contributed by atoms with Gasteiger partial charge in [0.15, 0.2) is 0 Å². The van der Waals surface area contributed by atoms with Crippen molar-refractivity contribution in [1.82, 2.24) is 10.2 Å². The van der Waals surface area contributed by atoms with E-state index in [0.29, 0.717) is 13.0 Å². The molecule has 0 aromatic rings. The number of nitrogens with zero attached hydrogens (tertiary/aromatic N) is 1. The van der Waals surface area contributed by atoms with Crippen molar-refractivity contribution in [3.8, 4) is 0 Å². The van der Waals surface area contributed by atoms with Gasteiger partial charge in [-0.25, -0.2) is 0 Å². The maximum Gasteiger partial charge on any atom is 0.221 e. The molecule has 0 radical (unpaired) electrons. The number of hydrogen-bond donors (Lipinski definition) is 2. The Labute approximate surface area is 103 Å². The molecule has 2 rings (SSSR count). The van der Waals surface area contributed by atoms with Crippen molar-refractivity contribution in [2.75, 3.05) is 26.2 Å². The molecule has 17 heavy (non-hydrogen) atoms. The largest absolute Gasteiger partial charge is 0.388 e. The highest BCUT2D eigenvalue weighted by Gasteiger charge is 2.31. The first-order chi connectivity index (χ1) is 8.18. The number of carbonyl (C=O) groups excluding carboxylic acids is 1. The van der Waals surface area contributed by atoms with Gasteiger partial charge in [-0.05, 0) is 38.8 Å². The van der Waals surface area contributed by atoms with E-state index in [1.807, 2.05) is 0 Å². The van der Waals surface area contributed by atoms with Gasteiger partial charge in [-0.3, -0.25) is 4.79 Å². The summed E-state index contributed by atoms with van der Waals surface area (Å²) in [6.07, 6.45) is 6.93. The molecule has 0 unspecified atom stereocenters. The topological polar surface area (TPSA) is 52.6 Å². The molecule has 4 heteroatoms. The minimum atomic E-state index is -0.622. The zero-order chi connectivity index (χ0) is 12.1. The average Bonchev–Trinajstić information content (AvgIpc) is 2.95. The molecule has 0 bridgehead atoms. The SMILES string of the molecule is O=C(CCN1CCCC1)NCC1(O)CCCC1. The Morgan fingerprint density at radius 3 is 2.47 bits per heavy atom. The van der Waals surface area contributed by atoms with Crippen molar-refractivity contribution in [3.05, 3.63) is 0 Å². The third-order valence-electron chi connectivity index (χ3n) is 4.00. The fourth-order valence-corrected chi connectivity index (χ4v) is 2.83. The van der Waals surface area contributed by atoms with Crippen LogP contribution in [0.3, 0.4) is 0 Å². The summed E-state index contributed by atoms with van der Waals surface area (Å²) in [6.45, 7) is 3.57. The fourth-order valence-electron chi connectivity index (χ4n) is 2.83. The van der Waals surface area contributed by atoms with Crippen LogP contribution in [0.2, 0.25) is 0 Å². The summed E-state index contributed by atoms with van der Waals surface area (Å²) >= 11 is 0. The van der Waals surface area contributed by atoms with Gasteiger partial charge in [0.1, 0.15) is 0 Å². The van der Waals surface area contributed by atoms with Gasteiger partial charge in [0.25, 0.3) is 0 Å². The van der Waals surface area contributed by atoms with Gasteiger partial charge < -0.3 is 15.3 Å². The molecule has 0 spiro atoms. The molecule has 1 aliphatic heterocycles. The Kier molecular flexibility index (Phi) is 4.40. The molecule has 1 aliphatic carbocycles. The average molecular weight is 240 g/mol. The van der Waals surface area contributed by atoms with Gasteiger partial charge in [0.2, 0.25) is 5.91 Å². The monoisotopic (exact) mass is 240 g/mol. The molecule has 0 aromatic carbocycles. The second kappa shape index (κ2) is 5.83. The molecule has 0 aromatic heterocycles. The summed E-state index contributed by atoms with van der Waals surface area (Å²) in [5.74, 6) is 0.0808. The smallest absolute Gasteiger partial charge is 0.221 e. The van der Waals surface area contributed by atoms with Crippen LogP contribution in [0.4, 0.5) is 0 Å². The van der Waals surface area contributed by atoms with Gasteiger partial charge in [0.05, 0.1) is 5.60 Å². The zero-order valence-electron chi connectivity index (χ0n) is 10.6. The van der Waals surface area contributed by atoms with Gasteiger partial charge in [-0.15, -0.1) is 0 Å². The van der Waals surface area contributed by atoms with E-state index in [1.54, 1.807) is 0 Å². The molecule has 1 amide bonds. The van der Waals surface area contributed by atoms with Crippen LogP contribution in [0.1, 0.15) is 44.9 Å². The number of amides is 1. The highest BCUT2D eigenvalue weighted by atomic mass is 16.3. The van der Waals surface area contributed by atoms with Crippen LogP contribution in [0.5, 0.6) is 0 Å². The number of aliphatic hydroxyl groups is 1. The first-order valence-electron chi connectivity index (χ1n) is 6.89. The van der Waals surface area contributed by atoms with E-state index in [-0.39, 0.29) is 5.91 Å². The van der Waals surface area contributed by atoms with Crippen molar-refractivity contribution < 1.29 is 9.90 Å². The van der Waals surface area contributed by atoms with Gasteiger partial charge >= 0.3 is 0 Å². The van der Waals surface area contributed by atoms with E-state index in [4.69, 9.17) is 0 Å². The number of hydrogen-bond acceptors (Lipinski definition) is 3. The van der Waals surface area contributed by atoms with Crippen LogP contribution < -0.4 is 5.32 Å². The normalized spacial score (nSPS) is 24.1. The van der Waals surface area contributed by atoms with Crippen LogP contribution >= 0.6 is 0 Å². The number of likely N-dealkylation sites (tertiary alicyclic amines) is 1. The second-order valence-electron chi connectivity index (χ2n) is 5.51. The Morgan fingerprint density at radius 2 is 1.82 bits per heavy atom. The van der Waals surface area contributed by atoms with Crippen LogP contribution in [0.25, 0.3) is 0 Å². The maximum absolute atomic E-state index is 11.6. The molecular weight excluding hydrogens is 216 g/mol. The first kappa shape index (κ1) is 12.8. The molecule has 2 N–H and O–H groups in total. The lowest BCUT2D eigenvalue weighted by atomic mass is 10.0. The summed E-state index contributed by atoms with van der Waals surface area (Å²) < 4.78 is 0. The minimum absolute atomic E-state index is 0.0808. The van der Waals surface area contributed by atoms with Crippen LogP contribution in [0.15, 0.2) is 0 Å². The lowest BCUT2D eigenvalue weighted by molar-refractivity contribution is -0.122. The van der Waals surface area contributed by atoms with Crippen molar-refractivity contribution in [2.45, 2.75) is 50.5 Å². The molecule has 0 atom stereocenters. The van der Waals surface area contributed by atoms with Gasteiger partial charge in [0, 0.05) is 19.5 Å². The zero-order valence-corrected chi connectivity index (χ0v) is 10.6. The first-order valence-corrected chi connectivity index (χ1v) is 6.89. The third-order valence-corrected chi connectivity index (χ3v) is 4.00. The maximum atomic E-state index is 11.6. The predicted molar refractivity (Wildman–Crippen MR) is 66.7 cm³/mol. The van der Waals surface area contributed by atoms with E-state index >= 15 is 0 Å². The van der Waals surface area contributed by atoms with Crippen LogP contribution in [-0.4, -0.2) is 47.7 Å². The van der Waals surface area contributed by atoms with E-state index in [9.17, 15) is 9.90 Å². The van der Waals surface area contributed by atoms with Gasteiger partial charge in [-0.1, -0.05) is 12.8 Å². The van der Waals surface area contributed by atoms with Crippen molar-refractivity contribution in [1.29, 1.82) is 0 Å². The number of nitrogens with one attached hydrogen (secondary N) is 1. The Bertz CT molecular complexity index is 256. The fraction of sp³-hybridized carbons (Fsp3) is 0.923. The molecule has 1 heterocycles. The van der Waals surface area contributed by atoms with E-state index in [2.05, 4.69) is 10.2 Å². The predicted octanol–water partition coefficient (Wildman–Crippen LogP) is 0.894. The molecular formula is C13H24N2O2. The Hall–Kier alpha value is -0.610. The molecule has 1 saturated carbocycles. The van der Waals surface area contributed by atoms with Crippen LogP contribution in [-0.2, 0) is 4.79 Å². The highest BCUT2D eigenvalue weighted by molar-refractivity contribution is 5.76. The van der Waals surface area contributed by atoms with E-state index < -0.39 is 5.60 Å². The van der Waals surface area contributed by atoms with Gasteiger partial charge in [-0.2, -0.15) is 0 Å². The molecule has 4 nitrogen and oxygen atoms in total. The lowest BCUT2D eigenvalue weighted by Crippen LogP contribution is -2.41. The molecule has 98 valence electrons. The molecule has 2 fully saturated rings. The van der Waals surface area contributed by atoms with Crippen molar-refractivity contribution >= 4 is 5.91 Å². The molecule has 1 saturated heterocycles. The number of carbonyl (C=O) groups is 1. The summed E-state index contributed by atoms with van der Waals surface area (Å²) in [6, 6.07) is 0. The Balaban J connectivity index is 1.60. The minimum Gasteiger partial charge on any atom is -0.388 e. The standard InChI is InChI=1S/C13H24N2O2/c16-12(5-10-15-8-3-4-9-15)14-11-13(17)6-1-2-7-13/h17H,1-11H2,(H,14,16). The van der Waals surface area contributed by atoms with Crippen molar-refractivity contribution in [3.63, 3.8) is 0 Å². The highest BCUT2D eigenvalue weighted by Crippen LogP contribution is 2.28.